The molecule has 1 atom stereocenters. The van der Waals surface area contributed by atoms with Crippen molar-refractivity contribution in [1.82, 2.24) is 4.90 Å². The summed E-state index contributed by atoms with van der Waals surface area (Å²) in [4.78, 5) is 13.8. The molecule has 112 valence electrons. The smallest absolute Gasteiger partial charge is 0.253 e. The Morgan fingerprint density at radius 2 is 2.05 bits per heavy atom. The second kappa shape index (κ2) is 9.25. The van der Waals surface area contributed by atoms with Gasteiger partial charge in [-0.3, -0.25) is 4.79 Å². The molecule has 0 spiro atoms. The highest BCUT2D eigenvalue weighted by Crippen LogP contribution is 2.15. The summed E-state index contributed by atoms with van der Waals surface area (Å²) >= 11 is 0. The van der Waals surface area contributed by atoms with Crippen LogP contribution in [0.5, 0.6) is 0 Å². The highest BCUT2D eigenvalue weighted by molar-refractivity contribution is 5.81. The maximum Gasteiger partial charge on any atom is 0.253 e. The number of nitrogens with two attached hydrogens (primary N) is 1. The molecule has 0 bridgehead atoms. The van der Waals surface area contributed by atoms with E-state index in [0.717, 1.165) is 12.8 Å². The Kier molecular flexibility index (Phi) is 7.97. The summed E-state index contributed by atoms with van der Waals surface area (Å²) in [7, 11) is 1.51. The highest BCUT2D eigenvalue weighted by atomic mass is 16.5. The molecule has 1 fully saturated rings. The van der Waals surface area contributed by atoms with Gasteiger partial charge in [-0.1, -0.05) is 0 Å². The molecule has 0 radical (unpaired) electrons. The van der Waals surface area contributed by atoms with Crippen LogP contribution in [-0.2, 0) is 19.0 Å². The van der Waals surface area contributed by atoms with Crippen LogP contribution in [-0.4, -0.2) is 69.6 Å². The van der Waals surface area contributed by atoms with Gasteiger partial charge in [0, 0.05) is 33.4 Å². The molecule has 1 unspecified atom stereocenters. The van der Waals surface area contributed by atoms with Crippen LogP contribution in [0.1, 0.15) is 19.8 Å². The molecule has 0 aromatic heterocycles. The van der Waals surface area contributed by atoms with Gasteiger partial charge >= 0.3 is 0 Å². The lowest BCUT2D eigenvalue weighted by molar-refractivity contribution is -0.144. The van der Waals surface area contributed by atoms with Crippen molar-refractivity contribution in [1.29, 1.82) is 0 Å². The molecule has 19 heavy (non-hydrogen) atoms. The molecule has 6 heteroatoms. The third-order valence-corrected chi connectivity index (χ3v) is 3.31. The lowest BCUT2D eigenvalue weighted by atomic mass is 10.1. The molecular weight excluding hydrogens is 248 g/mol. The number of nitrogens with zero attached hydrogens (tertiary/aromatic N) is 1. The number of carbonyl (C=O) groups is 1. The molecule has 1 aliphatic rings. The van der Waals surface area contributed by atoms with Gasteiger partial charge in [0.05, 0.1) is 19.3 Å². The molecule has 0 aliphatic carbocycles. The first kappa shape index (κ1) is 16.4. The molecule has 1 rings (SSSR count). The Balaban J connectivity index is 2.22. The molecule has 1 aliphatic heterocycles. The van der Waals surface area contributed by atoms with Crippen molar-refractivity contribution in [3.8, 4) is 0 Å². The average Bonchev–Trinajstić information content (AvgIpc) is 2.45. The van der Waals surface area contributed by atoms with Crippen LogP contribution < -0.4 is 5.73 Å². The van der Waals surface area contributed by atoms with Crippen LogP contribution in [0.2, 0.25) is 0 Å². The van der Waals surface area contributed by atoms with Crippen molar-refractivity contribution in [2.75, 3.05) is 46.6 Å². The molecular formula is C13H26N2O4. The fourth-order valence-electron chi connectivity index (χ4n) is 2.16. The third kappa shape index (κ3) is 5.44. The summed E-state index contributed by atoms with van der Waals surface area (Å²) in [6.45, 7) is 5.57. The Morgan fingerprint density at radius 1 is 1.37 bits per heavy atom. The minimum Gasteiger partial charge on any atom is -0.379 e. The summed E-state index contributed by atoms with van der Waals surface area (Å²) < 4.78 is 16.0. The third-order valence-electron chi connectivity index (χ3n) is 3.31. The van der Waals surface area contributed by atoms with Gasteiger partial charge in [0.1, 0.15) is 6.10 Å². The maximum atomic E-state index is 12.0. The quantitative estimate of drug-likeness (QED) is 0.631. The van der Waals surface area contributed by atoms with Crippen LogP contribution in [0.4, 0.5) is 0 Å². The van der Waals surface area contributed by atoms with Gasteiger partial charge in [0.2, 0.25) is 0 Å². The predicted octanol–water partition coefficient (Wildman–Crippen LogP) is 0.00420. The minimum absolute atomic E-state index is 0.0160. The number of hydrogen-bond donors (Lipinski definition) is 1. The Hall–Kier alpha value is -0.690. The van der Waals surface area contributed by atoms with E-state index in [4.69, 9.17) is 19.9 Å². The predicted molar refractivity (Wildman–Crippen MR) is 71.9 cm³/mol. The first-order valence-corrected chi connectivity index (χ1v) is 6.93. The SMILES string of the molecule is CCOCCOC1CCN(C(=O)C(CN)OC)CC1. The van der Waals surface area contributed by atoms with E-state index in [0.29, 0.717) is 32.9 Å². The Bertz CT molecular complexity index is 251. The van der Waals surface area contributed by atoms with Crippen molar-refractivity contribution >= 4 is 5.91 Å². The van der Waals surface area contributed by atoms with Crippen LogP contribution in [0.25, 0.3) is 0 Å². The molecule has 1 heterocycles. The minimum atomic E-state index is -0.518. The van der Waals surface area contributed by atoms with Gasteiger partial charge in [-0.25, -0.2) is 0 Å². The molecule has 0 aromatic rings. The molecule has 1 saturated heterocycles. The van der Waals surface area contributed by atoms with Gasteiger partial charge < -0.3 is 24.8 Å². The number of rotatable bonds is 8. The molecule has 0 saturated carbocycles. The Labute approximate surface area is 115 Å². The number of hydrogen-bond acceptors (Lipinski definition) is 5. The molecule has 0 aromatic carbocycles. The number of methoxy groups -OCH3 is 1. The molecule has 1 amide bonds. The largest absolute Gasteiger partial charge is 0.379 e. The van der Waals surface area contributed by atoms with Gasteiger partial charge in [0.15, 0.2) is 0 Å². The average molecular weight is 274 g/mol. The van der Waals surface area contributed by atoms with Crippen molar-refractivity contribution in [2.45, 2.75) is 32.0 Å². The zero-order valence-corrected chi connectivity index (χ0v) is 12.0. The first-order chi connectivity index (χ1) is 9.22. The number of carbonyl (C=O) groups excluding carboxylic acids is 1. The van der Waals surface area contributed by atoms with Gasteiger partial charge in [-0.15, -0.1) is 0 Å². The van der Waals surface area contributed by atoms with E-state index in [1.165, 1.54) is 7.11 Å². The number of likely N-dealkylation sites (tertiary alicyclic amines) is 1. The van der Waals surface area contributed by atoms with E-state index in [9.17, 15) is 4.79 Å². The van der Waals surface area contributed by atoms with Crippen LogP contribution in [0.3, 0.4) is 0 Å². The van der Waals surface area contributed by atoms with Crippen LogP contribution >= 0.6 is 0 Å². The standard InChI is InChI=1S/C13H26N2O4/c1-3-18-8-9-19-11-4-6-15(7-5-11)13(16)12(10-14)17-2/h11-12H,3-10,14H2,1-2H3. The second-order valence-corrected chi connectivity index (χ2v) is 4.55. The van der Waals surface area contributed by atoms with E-state index in [1.54, 1.807) is 0 Å². The monoisotopic (exact) mass is 274 g/mol. The second-order valence-electron chi connectivity index (χ2n) is 4.55. The number of piperidine rings is 1. The zero-order chi connectivity index (χ0) is 14.1. The highest BCUT2D eigenvalue weighted by Gasteiger charge is 2.27. The molecule has 2 N–H and O–H groups in total. The first-order valence-electron chi connectivity index (χ1n) is 6.93. The zero-order valence-electron chi connectivity index (χ0n) is 12.0. The van der Waals surface area contributed by atoms with E-state index in [-0.39, 0.29) is 18.6 Å². The summed E-state index contributed by atoms with van der Waals surface area (Å²) in [5.74, 6) is -0.0160. The van der Waals surface area contributed by atoms with Crippen LogP contribution in [0.15, 0.2) is 0 Å². The lowest BCUT2D eigenvalue weighted by Gasteiger charge is -2.33. The van der Waals surface area contributed by atoms with Gasteiger partial charge in [-0.2, -0.15) is 0 Å². The van der Waals surface area contributed by atoms with Crippen molar-refractivity contribution in [3.05, 3.63) is 0 Å². The van der Waals surface area contributed by atoms with Gasteiger partial charge in [0.25, 0.3) is 5.91 Å². The van der Waals surface area contributed by atoms with Crippen LogP contribution in [0, 0.1) is 0 Å². The van der Waals surface area contributed by atoms with Crippen molar-refractivity contribution in [2.24, 2.45) is 5.73 Å². The van der Waals surface area contributed by atoms with Gasteiger partial charge in [-0.05, 0) is 19.8 Å². The normalized spacial score (nSPS) is 18.6. The summed E-state index contributed by atoms with van der Waals surface area (Å²) in [6, 6.07) is 0. The summed E-state index contributed by atoms with van der Waals surface area (Å²) in [5.41, 5.74) is 5.50. The van der Waals surface area contributed by atoms with E-state index < -0.39 is 6.10 Å². The topological polar surface area (TPSA) is 74.0 Å². The maximum absolute atomic E-state index is 12.0. The molecule has 6 nitrogen and oxygen atoms in total. The number of ether oxygens (including phenoxy) is 3. The summed E-state index contributed by atoms with van der Waals surface area (Å²) in [6.07, 6.45) is 1.43. The lowest BCUT2D eigenvalue weighted by Crippen LogP contribution is -2.48. The Morgan fingerprint density at radius 3 is 2.58 bits per heavy atom. The van der Waals surface area contributed by atoms with E-state index in [1.807, 2.05) is 11.8 Å². The summed E-state index contributed by atoms with van der Waals surface area (Å²) in [5, 5.41) is 0. The fraction of sp³-hybridized carbons (Fsp3) is 0.923. The van der Waals surface area contributed by atoms with Crippen molar-refractivity contribution < 1.29 is 19.0 Å². The van der Waals surface area contributed by atoms with E-state index >= 15 is 0 Å². The fourth-order valence-corrected chi connectivity index (χ4v) is 2.16. The van der Waals surface area contributed by atoms with E-state index in [2.05, 4.69) is 0 Å². The van der Waals surface area contributed by atoms with Crippen molar-refractivity contribution in [3.63, 3.8) is 0 Å². The number of amides is 1.